The molecule has 1 aliphatic rings. The number of benzene rings is 1. The first-order valence-corrected chi connectivity index (χ1v) is 7.23. The third-order valence-electron chi connectivity index (χ3n) is 3.58. The highest BCUT2D eigenvalue weighted by molar-refractivity contribution is 9.10. The Labute approximate surface area is 124 Å². The van der Waals surface area contributed by atoms with Crippen LogP contribution in [-0.2, 0) is 4.74 Å². The van der Waals surface area contributed by atoms with Crippen LogP contribution >= 0.6 is 15.9 Å². The molecule has 6 heteroatoms. The van der Waals surface area contributed by atoms with E-state index >= 15 is 0 Å². The van der Waals surface area contributed by atoms with E-state index < -0.39 is 0 Å². The van der Waals surface area contributed by atoms with Gasteiger partial charge in [-0.25, -0.2) is 9.37 Å². The standard InChI is InChI=1S/C14H15BrFN3O/c1-20-9-5-12(17-6-9)14-18-7-13(19-14)8-2-3-11(16)10(15)4-8/h2-4,7,9,12,17H,5-6H2,1H3,(H,18,19). The summed E-state index contributed by atoms with van der Waals surface area (Å²) in [6, 6.07) is 5.09. The van der Waals surface area contributed by atoms with Crippen molar-refractivity contribution in [2.45, 2.75) is 18.6 Å². The van der Waals surface area contributed by atoms with E-state index in [1.165, 1.54) is 6.07 Å². The van der Waals surface area contributed by atoms with Gasteiger partial charge in [0, 0.05) is 19.2 Å². The Bertz CT molecular complexity index is 616. The predicted molar refractivity (Wildman–Crippen MR) is 77.8 cm³/mol. The average molecular weight is 340 g/mol. The monoisotopic (exact) mass is 339 g/mol. The lowest BCUT2D eigenvalue weighted by atomic mass is 10.1. The van der Waals surface area contributed by atoms with E-state index in [1.54, 1.807) is 25.4 Å². The minimum atomic E-state index is -0.270. The van der Waals surface area contributed by atoms with Crippen LogP contribution < -0.4 is 5.32 Å². The summed E-state index contributed by atoms with van der Waals surface area (Å²) < 4.78 is 19.0. The van der Waals surface area contributed by atoms with Gasteiger partial charge >= 0.3 is 0 Å². The third kappa shape index (κ3) is 2.63. The van der Waals surface area contributed by atoms with Crippen LogP contribution in [0.1, 0.15) is 18.3 Å². The SMILES string of the molecule is COC1CNC(c2ncc(-c3ccc(F)c(Br)c3)[nH]2)C1. The normalized spacial score (nSPS) is 22.4. The topological polar surface area (TPSA) is 49.9 Å². The number of hydrogen-bond acceptors (Lipinski definition) is 3. The summed E-state index contributed by atoms with van der Waals surface area (Å²) in [5.41, 5.74) is 1.78. The number of aromatic amines is 1. The van der Waals surface area contributed by atoms with Crippen LogP contribution in [0.5, 0.6) is 0 Å². The van der Waals surface area contributed by atoms with Gasteiger partial charge in [0.15, 0.2) is 0 Å². The molecule has 0 spiro atoms. The van der Waals surface area contributed by atoms with Gasteiger partial charge in [0.1, 0.15) is 11.6 Å². The Morgan fingerprint density at radius 1 is 1.45 bits per heavy atom. The molecule has 0 aliphatic carbocycles. The highest BCUT2D eigenvalue weighted by atomic mass is 79.9. The van der Waals surface area contributed by atoms with Crippen LogP contribution in [0.4, 0.5) is 4.39 Å². The molecule has 0 bridgehead atoms. The maximum Gasteiger partial charge on any atom is 0.137 e. The van der Waals surface area contributed by atoms with Crippen molar-refractivity contribution in [3.8, 4) is 11.3 Å². The number of nitrogens with zero attached hydrogens (tertiary/aromatic N) is 1. The molecule has 20 heavy (non-hydrogen) atoms. The molecule has 0 amide bonds. The molecular formula is C14H15BrFN3O. The van der Waals surface area contributed by atoms with Crippen molar-refractivity contribution in [3.63, 3.8) is 0 Å². The molecule has 2 N–H and O–H groups in total. The van der Waals surface area contributed by atoms with Gasteiger partial charge in [-0.2, -0.15) is 0 Å². The lowest BCUT2D eigenvalue weighted by Crippen LogP contribution is -2.16. The van der Waals surface area contributed by atoms with E-state index in [9.17, 15) is 4.39 Å². The van der Waals surface area contributed by atoms with Gasteiger partial charge < -0.3 is 15.0 Å². The number of rotatable bonds is 3. The molecule has 106 valence electrons. The molecule has 2 heterocycles. The lowest BCUT2D eigenvalue weighted by Gasteiger charge is -2.06. The summed E-state index contributed by atoms with van der Waals surface area (Å²) in [5.74, 6) is 0.619. The molecule has 1 aliphatic heterocycles. The summed E-state index contributed by atoms with van der Waals surface area (Å²) in [7, 11) is 1.72. The molecule has 0 saturated carbocycles. The van der Waals surface area contributed by atoms with Gasteiger partial charge in [0.2, 0.25) is 0 Å². The summed E-state index contributed by atoms with van der Waals surface area (Å²) >= 11 is 3.20. The summed E-state index contributed by atoms with van der Waals surface area (Å²) in [5, 5.41) is 3.37. The van der Waals surface area contributed by atoms with Gasteiger partial charge in [-0.3, -0.25) is 0 Å². The van der Waals surface area contributed by atoms with Gasteiger partial charge in [-0.05, 0) is 40.5 Å². The molecule has 1 aromatic carbocycles. The molecule has 2 aromatic rings. The quantitative estimate of drug-likeness (QED) is 0.903. The number of H-pyrrole nitrogens is 1. The highest BCUT2D eigenvalue weighted by Gasteiger charge is 2.27. The molecule has 1 aromatic heterocycles. The minimum absolute atomic E-state index is 0.178. The van der Waals surface area contributed by atoms with Crippen molar-refractivity contribution >= 4 is 15.9 Å². The van der Waals surface area contributed by atoms with E-state index in [1.807, 2.05) is 0 Å². The van der Waals surface area contributed by atoms with Crippen LogP contribution in [0.25, 0.3) is 11.3 Å². The third-order valence-corrected chi connectivity index (χ3v) is 4.19. The number of imidazole rings is 1. The fourth-order valence-corrected chi connectivity index (χ4v) is 2.79. The second kappa shape index (κ2) is 5.63. The zero-order chi connectivity index (χ0) is 14.1. The maximum atomic E-state index is 13.3. The number of ether oxygens (including phenoxy) is 1. The number of hydrogen-bond donors (Lipinski definition) is 2. The second-order valence-electron chi connectivity index (χ2n) is 4.87. The molecule has 2 unspecified atom stereocenters. The predicted octanol–water partition coefficient (Wildman–Crippen LogP) is 3.03. The Morgan fingerprint density at radius 3 is 3.00 bits per heavy atom. The van der Waals surface area contributed by atoms with Crippen molar-refractivity contribution in [1.82, 2.24) is 15.3 Å². The van der Waals surface area contributed by atoms with Crippen LogP contribution in [0.3, 0.4) is 0 Å². The van der Waals surface area contributed by atoms with Crippen LogP contribution in [-0.4, -0.2) is 29.7 Å². The number of aromatic nitrogens is 2. The first-order valence-electron chi connectivity index (χ1n) is 6.44. The first-order chi connectivity index (χ1) is 9.67. The van der Waals surface area contributed by atoms with Crippen LogP contribution in [0, 0.1) is 5.82 Å². The summed E-state index contributed by atoms with van der Waals surface area (Å²) in [4.78, 5) is 7.70. The van der Waals surface area contributed by atoms with E-state index in [0.29, 0.717) is 4.47 Å². The smallest absolute Gasteiger partial charge is 0.137 e. The Kier molecular flexibility index (Phi) is 3.87. The van der Waals surface area contributed by atoms with Crippen molar-refractivity contribution in [2.24, 2.45) is 0 Å². The summed E-state index contributed by atoms with van der Waals surface area (Å²) in [6.07, 6.45) is 2.90. The second-order valence-corrected chi connectivity index (χ2v) is 5.72. The lowest BCUT2D eigenvalue weighted by molar-refractivity contribution is 0.117. The Balaban J connectivity index is 1.81. The number of halogens is 2. The zero-order valence-corrected chi connectivity index (χ0v) is 12.6. The van der Waals surface area contributed by atoms with E-state index in [0.717, 1.165) is 30.0 Å². The van der Waals surface area contributed by atoms with Crippen molar-refractivity contribution < 1.29 is 9.13 Å². The van der Waals surface area contributed by atoms with Crippen molar-refractivity contribution in [3.05, 3.63) is 40.5 Å². The molecule has 3 rings (SSSR count). The Morgan fingerprint density at radius 2 is 2.30 bits per heavy atom. The van der Waals surface area contributed by atoms with Gasteiger partial charge in [-0.1, -0.05) is 0 Å². The Hall–Kier alpha value is -1.24. The summed E-state index contributed by atoms with van der Waals surface area (Å²) in [6.45, 7) is 0.833. The van der Waals surface area contributed by atoms with E-state index in [4.69, 9.17) is 4.74 Å². The molecular weight excluding hydrogens is 325 g/mol. The van der Waals surface area contributed by atoms with Gasteiger partial charge in [-0.15, -0.1) is 0 Å². The fourth-order valence-electron chi connectivity index (χ4n) is 2.42. The van der Waals surface area contributed by atoms with Gasteiger partial charge in [0.05, 0.1) is 28.5 Å². The van der Waals surface area contributed by atoms with Crippen LogP contribution in [0.15, 0.2) is 28.9 Å². The molecule has 1 saturated heterocycles. The largest absolute Gasteiger partial charge is 0.380 e. The zero-order valence-electron chi connectivity index (χ0n) is 11.0. The van der Waals surface area contributed by atoms with Crippen LogP contribution in [0.2, 0.25) is 0 Å². The molecule has 1 fully saturated rings. The fraction of sp³-hybridized carbons (Fsp3) is 0.357. The first kappa shape index (κ1) is 13.7. The highest BCUT2D eigenvalue weighted by Crippen LogP contribution is 2.27. The van der Waals surface area contributed by atoms with Crippen molar-refractivity contribution in [1.29, 1.82) is 0 Å². The number of methoxy groups -OCH3 is 1. The van der Waals surface area contributed by atoms with Gasteiger partial charge in [0.25, 0.3) is 0 Å². The molecule has 4 nitrogen and oxygen atoms in total. The molecule has 0 radical (unpaired) electrons. The number of nitrogens with one attached hydrogen (secondary N) is 2. The van der Waals surface area contributed by atoms with Crippen molar-refractivity contribution in [2.75, 3.05) is 13.7 Å². The van der Waals surface area contributed by atoms with E-state index in [2.05, 4.69) is 31.2 Å². The minimum Gasteiger partial charge on any atom is -0.380 e. The molecule has 2 atom stereocenters. The van der Waals surface area contributed by atoms with E-state index in [-0.39, 0.29) is 18.0 Å². The maximum absolute atomic E-state index is 13.3. The average Bonchev–Trinajstić information content (AvgIpc) is 3.09.